The van der Waals surface area contributed by atoms with E-state index < -0.39 is 0 Å². The Bertz CT molecular complexity index is 358. The summed E-state index contributed by atoms with van der Waals surface area (Å²) in [6, 6.07) is 6.95. The zero-order valence-corrected chi connectivity index (χ0v) is 11.1. The number of hydrogen-bond acceptors (Lipinski definition) is 3. The summed E-state index contributed by atoms with van der Waals surface area (Å²) in [5.74, 6) is 0. The molecule has 1 aromatic rings. The Balaban J connectivity index is 0.00000169. The Morgan fingerprint density at radius 1 is 1.43 bits per heavy atom. The first kappa shape index (κ1) is 13.7. The van der Waals surface area contributed by atoms with Crippen LogP contribution in [0.4, 0.5) is 5.69 Å². The van der Waals surface area contributed by atoms with E-state index in [1.54, 1.807) is 30.5 Å². The van der Waals surface area contributed by atoms with Crippen LogP contribution in [0.15, 0.2) is 29.3 Å². The first-order chi connectivity index (χ1) is 6.22. The topological polar surface area (TPSA) is 48.2 Å². The molecule has 0 aliphatic heterocycles. The summed E-state index contributed by atoms with van der Waals surface area (Å²) in [4.78, 5) is 3.34. The number of nitrogens with one attached hydrogen (secondary N) is 1. The predicted molar refractivity (Wildman–Crippen MR) is 55.5 cm³/mol. The summed E-state index contributed by atoms with van der Waals surface area (Å²) < 4.78 is 0. The third kappa shape index (κ3) is 4.80. The maximum atomic E-state index is 8.19. The molecule has 0 fully saturated rings. The van der Waals surface area contributed by atoms with Gasteiger partial charge in [0.2, 0.25) is 6.19 Å². The second-order valence-corrected chi connectivity index (χ2v) is 2.97. The number of nitriles is 1. The smallest absolute Gasteiger partial charge is 0.742 e. The minimum Gasteiger partial charge on any atom is -0.742 e. The first-order valence-corrected chi connectivity index (χ1v) is 4.17. The van der Waals surface area contributed by atoms with Crippen molar-refractivity contribution in [3.63, 3.8) is 0 Å². The van der Waals surface area contributed by atoms with E-state index in [0.29, 0.717) is 5.02 Å². The molecule has 0 atom stereocenters. The molecule has 0 aliphatic rings. The van der Waals surface area contributed by atoms with Crippen LogP contribution < -0.4 is 34.9 Å². The molecule has 66 valence electrons. The largest absolute Gasteiger partial charge is 1.00 e. The molecular weight excluding hydrogens is 229 g/mol. The number of amidine groups is 1. The second-order valence-electron chi connectivity index (χ2n) is 2.15. The van der Waals surface area contributed by atoms with E-state index in [1.807, 2.05) is 0 Å². The van der Waals surface area contributed by atoms with E-state index >= 15 is 0 Å². The fourth-order valence-electron chi connectivity index (χ4n) is 0.730. The zero-order valence-electron chi connectivity index (χ0n) is 7.49. The quantitative estimate of drug-likeness (QED) is 0.226. The van der Waals surface area contributed by atoms with Crippen molar-refractivity contribution in [3.05, 3.63) is 29.3 Å². The minimum absolute atomic E-state index is 0. The molecule has 0 radical (unpaired) electrons. The van der Waals surface area contributed by atoms with E-state index in [-0.39, 0.29) is 34.7 Å². The average molecular weight is 234 g/mol. The molecular formula is C8H5ClN3NaS. The molecule has 1 aromatic carbocycles. The number of anilines is 1. The normalized spacial score (nSPS) is 9.86. The van der Waals surface area contributed by atoms with Gasteiger partial charge in [0.15, 0.2) is 0 Å². The molecule has 0 unspecified atom stereocenters. The molecule has 0 aliphatic carbocycles. The molecule has 0 aromatic heterocycles. The number of rotatable bonds is 1. The standard InChI is InChI=1S/C8H6ClN3S.Na/c9-6-1-3-7(4-2-6)12-8(13)11-5-10;/h1-4H,(H2,11,12,13);/q;+1/p-1. The molecule has 0 heterocycles. The van der Waals surface area contributed by atoms with Gasteiger partial charge in [-0.25, -0.2) is 0 Å². The Morgan fingerprint density at radius 3 is 2.50 bits per heavy atom. The second kappa shape index (κ2) is 7.04. The van der Waals surface area contributed by atoms with Gasteiger partial charge in [-0.3, -0.25) is 0 Å². The van der Waals surface area contributed by atoms with Gasteiger partial charge < -0.3 is 17.9 Å². The van der Waals surface area contributed by atoms with Crippen molar-refractivity contribution < 1.29 is 29.6 Å². The number of benzene rings is 1. The fraction of sp³-hybridized carbons (Fsp3) is 0. The first-order valence-electron chi connectivity index (χ1n) is 3.39. The van der Waals surface area contributed by atoms with Crippen molar-refractivity contribution in [2.75, 3.05) is 5.32 Å². The van der Waals surface area contributed by atoms with E-state index in [0.717, 1.165) is 5.69 Å². The molecule has 0 bridgehead atoms. The molecule has 0 saturated heterocycles. The Morgan fingerprint density at radius 2 is 2.00 bits per heavy atom. The van der Waals surface area contributed by atoms with Gasteiger partial charge in [0.05, 0.1) is 0 Å². The van der Waals surface area contributed by atoms with Crippen molar-refractivity contribution in [2.24, 2.45) is 4.99 Å². The van der Waals surface area contributed by atoms with Crippen LogP contribution in [0.2, 0.25) is 5.02 Å². The fourth-order valence-corrected chi connectivity index (χ4v) is 1.01. The van der Waals surface area contributed by atoms with Crippen LogP contribution >= 0.6 is 11.6 Å². The van der Waals surface area contributed by atoms with Crippen LogP contribution in [0, 0.1) is 11.5 Å². The van der Waals surface area contributed by atoms with Crippen LogP contribution in [0.3, 0.4) is 0 Å². The van der Waals surface area contributed by atoms with Gasteiger partial charge in [-0.1, -0.05) is 11.6 Å². The Labute approximate surface area is 115 Å². The molecule has 6 heteroatoms. The monoisotopic (exact) mass is 233 g/mol. The number of halogens is 1. The van der Waals surface area contributed by atoms with Crippen LogP contribution in [0.25, 0.3) is 0 Å². The summed E-state index contributed by atoms with van der Waals surface area (Å²) in [7, 11) is 0. The summed E-state index contributed by atoms with van der Waals surface area (Å²) >= 11 is 10.4. The van der Waals surface area contributed by atoms with Crippen molar-refractivity contribution in [3.8, 4) is 6.19 Å². The van der Waals surface area contributed by atoms with Crippen molar-refractivity contribution >= 4 is 35.1 Å². The summed E-state index contributed by atoms with van der Waals surface area (Å²) in [6.45, 7) is 0. The van der Waals surface area contributed by atoms with Crippen LogP contribution in [-0.2, 0) is 12.6 Å². The number of hydrogen-bond donors (Lipinski definition) is 1. The third-order valence-electron chi connectivity index (χ3n) is 1.25. The van der Waals surface area contributed by atoms with Gasteiger partial charge in [-0.15, -0.1) is 0 Å². The van der Waals surface area contributed by atoms with Gasteiger partial charge >= 0.3 is 29.6 Å². The summed E-state index contributed by atoms with van der Waals surface area (Å²) in [5.41, 5.74) is 0.758. The van der Waals surface area contributed by atoms with Crippen LogP contribution in [0.5, 0.6) is 0 Å². The van der Waals surface area contributed by atoms with Crippen LogP contribution in [0.1, 0.15) is 0 Å². The van der Waals surface area contributed by atoms with Gasteiger partial charge in [0, 0.05) is 10.7 Å². The molecule has 1 N–H and O–H groups in total. The van der Waals surface area contributed by atoms with Gasteiger partial charge in [-0.05, 0) is 29.4 Å². The minimum atomic E-state index is 0. The van der Waals surface area contributed by atoms with Gasteiger partial charge in [0.25, 0.3) is 0 Å². The Hall–Kier alpha value is -0.310. The average Bonchev–Trinajstić information content (AvgIpc) is 2.09. The van der Waals surface area contributed by atoms with E-state index in [1.165, 1.54) is 0 Å². The van der Waals surface area contributed by atoms with Gasteiger partial charge in [0.1, 0.15) is 0 Å². The summed E-state index contributed by atoms with van der Waals surface area (Å²) in [6.07, 6.45) is 1.59. The van der Waals surface area contributed by atoms with Crippen molar-refractivity contribution in [1.82, 2.24) is 0 Å². The van der Waals surface area contributed by atoms with E-state index in [2.05, 4.69) is 10.3 Å². The van der Waals surface area contributed by atoms with E-state index in [9.17, 15) is 0 Å². The molecule has 0 amide bonds. The predicted octanol–water partition coefficient (Wildman–Crippen LogP) is -0.860. The number of aliphatic imine (C=N–C) groups is 1. The third-order valence-corrected chi connectivity index (χ3v) is 1.69. The molecule has 3 nitrogen and oxygen atoms in total. The van der Waals surface area contributed by atoms with Crippen LogP contribution in [-0.4, -0.2) is 5.17 Å². The maximum Gasteiger partial charge on any atom is 1.00 e. The van der Waals surface area contributed by atoms with E-state index in [4.69, 9.17) is 29.5 Å². The van der Waals surface area contributed by atoms with Gasteiger partial charge in [-0.2, -0.15) is 10.3 Å². The van der Waals surface area contributed by atoms with Crippen molar-refractivity contribution in [1.29, 1.82) is 5.26 Å². The molecule has 1 rings (SSSR count). The molecule has 0 saturated carbocycles. The zero-order chi connectivity index (χ0) is 9.68. The van der Waals surface area contributed by atoms with Crippen molar-refractivity contribution in [2.45, 2.75) is 0 Å². The number of nitrogens with zero attached hydrogens (tertiary/aromatic N) is 2. The maximum absolute atomic E-state index is 8.19. The molecule has 0 spiro atoms. The SMILES string of the molecule is N#C/N=C(\[S-])Nc1ccc(Cl)cc1.[Na+]. The molecule has 14 heavy (non-hydrogen) atoms. The Kier molecular flexibility index (Phi) is 6.89. The summed E-state index contributed by atoms with van der Waals surface area (Å²) in [5, 5.41) is 11.7.